The van der Waals surface area contributed by atoms with Crippen molar-refractivity contribution in [2.75, 3.05) is 13.2 Å². The number of nitrogens with one attached hydrogen (secondary N) is 1. The summed E-state index contributed by atoms with van der Waals surface area (Å²) in [6.07, 6.45) is 0.131. The molecule has 0 aromatic heterocycles. The van der Waals surface area contributed by atoms with E-state index in [1.807, 2.05) is 32.0 Å². The van der Waals surface area contributed by atoms with Gasteiger partial charge in [0.2, 0.25) is 11.8 Å². The minimum absolute atomic E-state index is 0.131. The van der Waals surface area contributed by atoms with Crippen molar-refractivity contribution in [3.05, 3.63) is 29.3 Å². The van der Waals surface area contributed by atoms with Crippen LogP contribution >= 0.6 is 0 Å². The van der Waals surface area contributed by atoms with E-state index < -0.39 is 5.91 Å². The summed E-state index contributed by atoms with van der Waals surface area (Å²) in [5.41, 5.74) is 9.00. The Bertz CT molecular complexity index is 440. The maximum Gasteiger partial charge on any atom is 0.246 e. The van der Waals surface area contributed by atoms with Gasteiger partial charge in [0.1, 0.15) is 5.75 Å². The average Bonchev–Trinajstić information content (AvgIpc) is 2.32. The molecule has 6 heteroatoms. The molecule has 0 saturated carbocycles. The molecule has 0 bridgehead atoms. The third kappa shape index (κ3) is 5.39. The van der Waals surface area contributed by atoms with Gasteiger partial charge in [0.25, 0.3) is 0 Å². The van der Waals surface area contributed by atoms with Crippen LogP contribution in [0, 0.1) is 13.8 Å². The lowest BCUT2D eigenvalue weighted by molar-refractivity contribution is -0.138. The Hall–Kier alpha value is -2.08. The molecule has 0 unspecified atom stereocenters. The number of amides is 2. The first-order chi connectivity index (χ1) is 9.00. The fourth-order valence-corrected chi connectivity index (χ4v) is 1.51. The van der Waals surface area contributed by atoms with Crippen molar-refractivity contribution in [3.8, 4) is 5.75 Å². The molecular formula is C13H18N2O4. The molecule has 0 heterocycles. The Morgan fingerprint density at radius 1 is 1.26 bits per heavy atom. The standard InChI is InChI=1S/C13H18N2O4/c1-9-4-3-5-10(2)13(9)18-7-6-12(17)15-19-8-11(14)16/h3-5H,6-8H2,1-2H3,(H2,14,16)(H,15,17). The van der Waals surface area contributed by atoms with Crippen molar-refractivity contribution in [1.29, 1.82) is 0 Å². The normalized spacial score (nSPS) is 10.0. The fourth-order valence-electron chi connectivity index (χ4n) is 1.51. The zero-order valence-electron chi connectivity index (χ0n) is 11.1. The van der Waals surface area contributed by atoms with E-state index in [1.165, 1.54) is 0 Å². The monoisotopic (exact) mass is 266 g/mol. The van der Waals surface area contributed by atoms with Crippen LogP contribution in [0.25, 0.3) is 0 Å². The highest BCUT2D eigenvalue weighted by molar-refractivity contribution is 5.77. The summed E-state index contributed by atoms with van der Waals surface area (Å²) >= 11 is 0. The van der Waals surface area contributed by atoms with Crippen molar-refractivity contribution >= 4 is 11.8 Å². The first-order valence-corrected chi connectivity index (χ1v) is 5.88. The number of nitrogens with two attached hydrogens (primary N) is 1. The Morgan fingerprint density at radius 2 is 1.89 bits per heavy atom. The quantitative estimate of drug-likeness (QED) is 0.707. The van der Waals surface area contributed by atoms with Gasteiger partial charge in [-0.1, -0.05) is 18.2 Å². The van der Waals surface area contributed by atoms with Crippen LogP contribution in [0.5, 0.6) is 5.75 Å². The number of ether oxygens (including phenoxy) is 1. The second kappa shape index (κ2) is 7.38. The van der Waals surface area contributed by atoms with Crippen LogP contribution in [0.15, 0.2) is 18.2 Å². The molecule has 0 fully saturated rings. The van der Waals surface area contributed by atoms with Gasteiger partial charge in [-0.05, 0) is 25.0 Å². The number of benzene rings is 1. The molecule has 0 atom stereocenters. The number of aryl methyl sites for hydroxylation is 2. The molecule has 19 heavy (non-hydrogen) atoms. The van der Waals surface area contributed by atoms with Crippen molar-refractivity contribution in [2.45, 2.75) is 20.3 Å². The predicted octanol–water partition coefficient (Wildman–Crippen LogP) is 0.605. The van der Waals surface area contributed by atoms with Crippen LogP contribution in [-0.2, 0) is 14.4 Å². The van der Waals surface area contributed by atoms with E-state index in [1.54, 1.807) is 0 Å². The third-order valence-electron chi connectivity index (χ3n) is 2.38. The average molecular weight is 266 g/mol. The van der Waals surface area contributed by atoms with Gasteiger partial charge in [-0.2, -0.15) is 0 Å². The van der Waals surface area contributed by atoms with E-state index in [2.05, 4.69) is 10.3 Å². The van der Waals surface area contributed by atoms with Crippen LogP contribution in [0.4, 0.5) is 0 Å². The lowest BCUT2D eigenvalue weighted by Crippen LogP contribution is -2.30. The van der Waals surface area contributed by atoms with E-state index in [4.69, 9.17) is 10.5 Å². The van der Waals surface area contributed by atoms with E-state index in [9.17, 15) is 9.59 Å². The summed E-state index contributed by atoms with van der Waals surface area (Å²) in [7, 11) is 0. The molecule has 0 saturated heterocycles. The summed E-state index contributed by atoms with van der Waals surface area (Å²) in [6, 6.07) is 5.83. The summed E-state index contributed by atoms with van der Waals surface area (Å²) in [5, 5.41) is 0. The molecule has 1 aromatic rings. The first-order valence-electron chi connectivity index (χ1n) is 5.88. The molecule has 0 aliphatic heterocycles. The topological polar surface area (TPSA) is 90.7 Å². The number of para-hydroxylation sites is 1. The zero-order chi connectivity index (χ0) is 14.3. The van der Waals surface area contributed by atoms with Gasteiger partial charge >= 0.3 is 0 Å². The maximum absolute atomic E-state index is 11.3. The van der Waals surface area contributed by atoms with Crippen LogP contribution in [-0.4, -0.2) is 25.0 Å². The molecule has 2 amide bonds. The van der Waals surface area contributed by atoms with Crippen molar-refractivity contribution < 1.29 is 19.2 Å². The lowest BCUT2D eigenvalue weighted by Gasteiger charge is -2.11. The molecule has 1 aromatic carbocycles. The molecule has 0 radical (unpaired) electrons. The van der Waals surface area contributed by atoms with Crippen LogP contribution < -0.4 is 16.0 Å². The molecule has 1 rings (SSSR count). The number of rotatable bonds is 7. The van der Waals surface area contributed by atoms with Crippen LogP contribution in [0.2, 0.25) is 0 Å². The maximum atomic E-state index is 11.3. The van der Waals surface area contributed by atoms with Crippen molar-refractivity contribution in [3.63, 3.8) is 0 Å². The van der Waals surface area contributed by atoms with E-state index in [0.717, 1.165) is 16.9 Å². The number of hydrogen-bond acceptors (Lipinski definition) is 4. The highest BCUT2D eigenvalue weighted by Gasteiger charge is 2.06. The molecular weight excluding hydrogens is 248 g/mol. The van der Waals surface area contributed by atoms with Gasteiger partial charge in [0, 0.05) is 0 Å². The van der Waals surface area contributed by atoms with E-state index >= 15 is 0 Å². The molecule has 0 aliphatic carbocycles. The lowest BCUT2D eigenvalue weighted by atomic mass is 10.1. The second-order valence-electron chi connectivity index (χ2n) is 4.10. The second-order valence-corrected chi connectivity index (χ2v) is 4.10. The highest BCUT2D eigenvalue weighted by Crippen LogP contribution is 2.22. The minimum Gasteiger partial charge on any atom is -0.493 e. The highest BCUT2D eigenvalue weighted by atomic mass is 16.7. The SMILES string of the molecule is Cc1cccc(C)c1OCCC(=O)NOCC(N)=O. The number of carbonyl (C=O) groups is 2. The Kier molecular flexibility index (Phi) is 5.81. The van der Waals surface area contributed by atoms with Gasteiger partial charge in [0.15, 0.2) is 6.61 Å². The van der Waals surface area contributed by atoms with E-state index in [-0.39, 0.29) is 25.5 Å². The smallest absolute Gasteiger partial charge is 0.246 e. The van der Waals surface area contributed by atoms with Gasteiger partial charge < -0.3 is 10.5 Å². The number of primary amides is 1. The molecule has 104 valence electrons. The summed E-state index contributed by atoms with van der Waals surface area (Å²) in [6.45, 7) is 3.78. The third-order valence-corrected chi connectivity index (χ3v) is 2.38. The fraction of sp³-hybridized carbons (Fsp3) is 0.385. The zero-order valence-corrected chi connectivity index (χ0v) is 11.1. The van der Waals surface area contributed by atoms with Crippen molar-refractivity contribution in [2.24, 2.45) is 5.73 Å². The van der Waals surface area contributed by atoms with Gasteiger partial charge in [-0.15, -0.1) is 0 Å². The molecule has 3 N–H and O–H groups in total. The number of hydroxylamine groups is 1. The molecule has 0 aliphatic rings. The molecule has 6 nitrogen and oxygen atoms in total. The summed E-state index contributed by atoms with van der Waals surface area (Å²) in [4.78, 5) is 26.3. The summed E-state index contributed by atoms with van der Waals surface area (Å²) in [5.74, 6) is -0.229. The van der Waals surface area contributed by atoms with Crippen LogP contribution in [0.1, 0.15) is 17.5 Å². The van der Waals surface area contributed by atoms with E-state index in [0.29, 0.717) is 0 Å². The van der Waals surface area contributed by atoms with Gasteiger partial charge in [0.05, 0.1) is 13.0 Å². The first kappa shape index (κ1) is 15.0. The Morgan fingerprint density at radius 3 is 2.47 bits per heavy atom. The largest absolute Gasteiger partial charge is 0.493 e. The van der Waals surface area contributed by atoms with Gasteiger partial charge in [-0.25, -0.2) is 5.48 Å². The van der Waals surface area contributed by atoms with Gasteiger partial charge in [-0.3, -0.25) is 14.4 Å². The summed E-state index contributed by atoms with van der Waals surface area (Å²) < 4.78 is 5.56. The molecule has 0 spiro atoms. The van der Waals surface area contributed by atoms with Crippen LogP contribution in [0.3, 0.4) is 0 Å². The Balaban J connectivity index is 2.30. The Labute approximate surface area is 111 Å². The number of hydrogen-bond donors (Lipinski definition) is 2. The minimum atomic E-state index is -0.646. The number of carbonyl (C=O) groups excluding carboxylic acids is 2. The predicted molar refractivity (Wildman–Crippen MR) is 69.3 cm³/mol. The van der Waals surface area contributed by atoms with Crippen molar-refractivity contribution in [1.82, 2.24) is 5.48 Å².